The molecule has 8 nitrogen and oxygen atoms in total. The molecule has 0 radical (unpaired) electrons. The summed E-state index contributed by atoms with van der Waals surface area (Å²) in [5.74, 6) is -2.43. The first-order valence-corrected chi connectivity index (χ1v) is 18.5. The van der Waals surface area contributed by atoms with Crippen LogP contribution in [0.4, 0.5) is 18.9 Å². The van der Waals surface area contributed by atoms with Gasteiger partial charge in [-0.15, -0.1) is 0 Å². The van der Waals surface area contributed by atoms with Crippen LogP contribution in [0.2, 0.25) is 0 Å². The number of nitrogens with one attached hydrogen (secondary N) is 1. The van der Waals surface area contributed by atoms with E-state index in [1.165, 1.54) is 16.5 Å². The molecule has 3 aromatic carbocycles. The normalized spacial score (nSPS) is 22.7. The highest BCUT2D eigenvalue weighted by atomic mass is 32.2. The molecule has 1 N–H and O–H groups in total. The average molecular weight is 680 g/mol. The van der Waals surface area contributed by atoms with Crippen molar-refractivity contribution in [1.82, 2.24) is 19.4 Å². The second-order valence-electron chi connectivity index (χ2n) is 13.8. The van der Waals surface area contributed by atoms with E-state index in [0.29, 0.717) is 31.0 Å². The third-order valence-electron chi connectivity index (χ3n) is 10.9. The number of aryl methyl sites for hydroxylation is 1. The highest BCUT2D eigenvalue weighted by Crippen LogP contribution is 2.45. The van der Waals surface area contributed by atoms with Gasteiger partial charge in [-0.1, -0.05) is 24.3 Å². The number of amides is 1. The second-order valence-corrected chi connectivity index (χ2v) is 15.5. The smallest absolute Gasteiger partial charge is 0.259 e. The molecule has 7 rings (SSSR count). The Bertz CT molecular complexity index is 1960. The minimum absolute atomic E-state index is 0.222. The van der Waals surface area contributed by atoms with Crippen LogP contribution in [-0.2, 0) is 15.4 Å². The summed E-state index contributed by atoms with van der Waals surface area (Å²) in [7, 11) is -3.85. The molecule has 3 aliphatic rings. The number of aromatic nitrogens is 2. The van der Waals surface area contributed by atoms with Crippen LogP contribution >= 0.6 is 0 Å². The molecule has 0 aliphatic carbocycles. The van der Waals surface area contributed by atoms with Crippen LogP contribution in [0.15, 0.2) is 60.7 Å². The Morgan fingerprint density at radius 3 is 2.35 bits per heavy atom. The third kappa shape index (κ3) is 6.09. The number of halogens is 3. The Labute approximate surface area is 279 Å². The third-order valence-corrected chi connectivity index (χ3v) is 11.5. The number of hydrogen-bond acceptors (Lipinski definition) is 5. The predicted octanol–water partition coefficient (Wildman–Crippen LogP) is 6.57. The maximum absolute atomic E-state index is 15.3. The zero-order valence-corrected chi connectivity index (χ0v) is 27.9. The fraction of sp³-hybridized carbons (Fsp3) is 0.444. The van der Waals surface area contributed by atoms with Crippen molar-refractivity contribution < 1.29 is 26.4 Å². The molecule has 3 atom stereocenters. The SMILES string of the molecule is Cc1nc2ccccc2n1[C@H]1C[C@H]2CC[C@@H](C1)N2CCC1(c2cccc(F)c2)CCN(C(=O)c2c(F)ccc(NS(C)(=O)=O)c2F)CC1. The first-order chi connectivity index (χ1) is 22.9. The van der Waals surface area contributed by atoms with Gasteiger partial charge >= 0.3 is 0 Å². The van der Waals surface area contributed by atoms with Crippen LogP contribution < -0.4 is 4.72 Å². The van der Waals surface area contributed by atoms with Crippen LogP contribution in [-0.4, -0.2) is 71.6 Å². The maximum atomic E-state index is 15.3. The summed E-state index contributed by atoms with van der Waals surface area (Å²) in [4.78, 5) is 22.3. The molecule has 1 aromatic heterocycles. The summed E-state index contributed by atoms with van der Waals surface area (Å²) < 4.78 is 72.5. The van der Waals surface area contributed by atoms with Crippen LogP contribution in [0.5, 0.6) is 0 Å². The largest absolute Gasteiger partial charge is 0.338 e. The van der Waals surface area contributed by atoms with E-state index in [1.54, 1.807) is 12.1 Å². The number of sulfonamides is 1. The van der Waals surface area contributed by atoms with Gasteiger partial charge in [0.2, 0.25) is 10.0 Å². The monoisotopic (exact) mass is 679 g/mol. The highest BCUT2D eigenvalue weighted by Gasteiger charge is 2.44. The zero-order chi connectivity index (χ0) is 33.8. The number of piperidine rings is 2. The molecule has 0 spiro atoms. The number of carbonyl (C=O) groups excluding carboxylic acids is 1. The summed E-state index contributed by atoms with van der Waals surface area (Å²) >= 11 is 0. The van der Waals surface area contributed by atoms with E-state index >= 15 is 4.39 Å². The van der Waals surface area contributed by atoms with Crippen LogP contribution in [0, 0.1) is 24.4 Å². The van der Waals surface area contributed by atoms with Crippen LogP contribution in [0.1, 0.15) is 72.7 Å². The first kappa shape index (κ1) is 32.6. The molecule has 4 heterocycles. The van der Waals surface area contributed by atoms with Crippen LogP contribution in [0.3, 0.4) is 0 Å². The summed E-state index contributed by atoms with van der Waals surface area (Å²) in [6.07, 6.45) is 6.95. The number of benzene rings is 3. The molecule has 1 amide bonds. The van der Waals surface area contributed by atoms with Gasteiger partial charge in [0.05, 0.1) is 23.0 Å². The highest BCUT2D eigenvalue weighted by molar-refractivity contribution is 7.92. The van der Waals surface area contributed by atoms with Gasteiger partial charge in [0.1, 0.15) is 23.0 Å². The van der Waals surface area contributed by atoms with Gasteiger partial charge in [0.15, 0.2) is 5.82 Å². The molecular formula is C36H40F3N5O3S. The summed E-state index contributed by atoms with van der Waals surface area (Å²) in [5, 5.41) is 0. The van der Waals surface area contributed by atoms with Gasteiger partial charge in [-0.2, -0.15) is 0 Å². The second kappa shape index (κ2) is 12.5. The van der Waals surface area contributed by atoms with Gasteiger partial charge in [-0.25, -0.2) is 26.6 Å². The number of carbonyl (C=O) groups is 1. The maximum Gasteiger partial charge on any atom is 0.259 e. The average Bonchev–Trinajstić information content (AvgIpc) is 3.51. The number of hydrogen-bond donors (Lipinski definition) is 1. The van der Waals surface area contributed by atoms with E-state index < -0.39 is 44.2 Å². The molecule has 2 bridgehead atoms. The Morgan fingerprint density at radius 2 is 1.67 bits per heavy atom. The fourth-order valence-electron chi connectivity index (χ4n) is 8.61. The van der Waals surface area contributed by atoms with Gasteiger partial charge in [0, 0.05) is 31.2 Å². The number of anilines is 1. The number of imidazole rings is 1. The van der Waals surface area contributed by atoms with Crippen molar-refractivity contribution in [3.8, 4) is 0 Å². The van der Waals surface area contributed by atoms with Crippen molar-refractivity contribution in [1.29, 1.82) is 0 Å². The van der Waals surface area contributed by atoms with Crippen molar-refractivity contribution >= 4 is 32.7 Å². The van der Waals surface area contributed by atoms with Crippen molar-refractivity contribution in [2.75, 3.05) is 30.6 Å². The van der Waals surface area contributed by atoms with Gasteiger partial charge in [0.25, 0.3) is 5.91 Å². The van der Waals surface area contributed by atoms with Crippen molar-refractivity contribution in [3.05, 3.63) is 95.1 Å². The summed E-state index contributed by atoms with van der Waals surface area (Å²) in [6.45, 7) is 3.36. The lowest BCUT2D eigenvalue weighted by molar-refractivity contribution is 0.0598. The molecule has 4 aromatic rings. The minimum atomic E-state index is -3.85. The number of likely N-dealkylation sites (tertiary alicyclic amines) is 1. The van der Waals surface area contributed by atoms with E-state index in [1.807, 2.05) is 16.9 Å². The molecule has 254 valence electrons. The Morgan fingerprint density at radius 1 is 0.958 bits per heavy atom. The molecule has 3 saturated heterocycles. The van der Waals surface area contributed by atoms with Crippen molar-refractivity contribution in [2.24, 2.45) is 0 Å². The number of nitrogens with zero attached hydrogens (tertiary/aromatic N) is 4. The van der Waals surface area contributed by atoms with Crippen LogP contribution in [0.25, 0.3) is 11.0 Å². The van der Waals surface area contributed by atoms with Crippen molar-refractivity contribution in [3.63, 3.8) is 0 Å². The first-order valence-electron chi connectivity index (χ1n) is 16.6. The summed E-state index contributed by atoms with van der Waals surface area (Å²) in [5.41, 5.74) is 1.37. The van der Waals surface area contributed by atoms with E-state index in [-0.39, 0.29) is 18.9 Å². The molecular weight excluding hydrogens is 639 g/mol. The van der Waals surface area contributed by atoms with Gasteiger partial charge in [-0.05, 0) is 106 Å². The van der Waals surface area contributed by atoms with Gasteiger partial charge < -0.3 is 9.47 Å². The molecule has 12 heteroatoms. The molecule has 48 heavy (non-hydrogen) atoms. The lowest BCUT2D eigenvalue weighted by Gasteiger charge is -2.45. The van der Waals surface area contributed by atoms with E-state index in [4.69, 9.17) is 4.98 Å². The molecule has 0 unspecified atom stereocenters. The Balaban J connectivity index is 1.08. The molecule has 3 fully saturated rings. The summed E-state index contributed by atoms with van der Waals surface area (Å²) in [6, 6.07) is 18.0. The number of rotatable bonds is 8. The molecule has 3 aliphatic heterocycles. The topological polar surface area (TPSA) is 87.5 Å². The lowest BCUT2D eigenvalue weighted by atomic mass is 9.70. The van der Waals surface area contributed by atoms with Crippen molar-refractivity contribution in [2.45, 2.75) is 75.4 Å². The molecule has 0 saturated carbocycles. The standard InChI is InChI=1S/C36H40F3N5O3S/c1-23-40-30-8-3-4-9-32(30)44(23)28-21-26-10-11-27(22-28)43(26)19-16-36(24-6-5-7-25(37)20-24)14-17-42(18-15-36)35(45)33-29(38)12-13-31(34(33)39)41-48(2,46)47/h3-9,12-13,20,26-28,41H,10-11,14-19,21-22H2,1-2H3/t26-,27+,28+. The minimum Gasteiger partial charge on any atom is -0.338 e. The predicted molar refractivity (Wildman–Crippen MR) is 179 cm³/mol. The zero-order valence-electron chi connectivity index (χ0n) is 27.1. The number of fused-ring (bicyclic) bond motifs is 3. The van der Waals surface area contributed by atoms with E-state index in [0.717, 1.165) is 73.9 Å². The van der Waals surface area contributed by atoms with E-state index in [9.17, 15) is 22.0 Å². The van der Waals surface area contributed by atoms with E-state index in [2.05, 4.69) is 34.6 Å². The van der Waals surface area contributed by atoms with Gasteiger partial charge in [-0.3, -0.25) is 14.4 Å². The Hall–Kier alpha value is -3.90. The quantitative estimate of drug-likeness (QED) is 0.228. The number of para-hydroxylation sites is 2. The lowest BCUT2D eigenvalue weighted by Crippen LogP contribution is -2.49. The fourth-order valence-corrected chi connectivity index (χ4v) is 9.17. The Kier molecular flexibility index (Phi) is 8.52.